The average molecular weight is 390 g/mol. The number of rotatable bonds is 6. The van der Waals surface area contributed by atoms with Crippen molar-refractivity contribution in [2.45, 2.75) is 13.5 Å². The number of carbonyl (C=O) groups excluding carboxylic acids is 2. The molecule has 0 spiro atoms. The monoisotopic (exact) mass is 389 g/mol. The van der Waals surface area contributed by atoms with Crippen LogP contribution in [0.5, 0.6) is 5.75 Å². The summed E-state index contributed by atoms with van der Waals surface area (Å²) in [7, 11) is 0. The molecule has 1 heterocycles. The molecule has 0 radical (unpaired) electrons. The molecule has 1 amide bonds. The van der Waals surface area contributed by atoms with Crippen LogP contribution in [0.15, 0.2) is 42.5 Å². The lowest BCUT2D eigenvalue weighted by atomic mass is 10.1. The van der Waals surface area contributed by atoms with Gasteiger partial charge in [0.15, 0.2) is 0 Å². The molecule has 0 saturated heterocycles. The summed E-state index contributed by atoms with van der Waals surface area (Å²) in [5.74, 6) is -0.347. The van der Waals surface area contributed by atoms with E-state index in [2.05, 4.69) is 0 Å². The molecule has 7 heteroatoms. The topological polar surface area (TPSA) is 78.6 Å². The second kappa shape index (κ2) is 7.76. The normalized spacial score (nSPS) is 10.7. The molecule has 0 saturated carbocycles. The van der Waals surface area contributed by atoms with E-state index in [1.807, 2.05) is 12.1 Å². The highest BCUT2D eigenvalue weighted by atomic mass is 35.5. The van der Waals surface area contributed by atoms with E-state index in [0.717, 1.165) is 10.1 Å². The lowest BCUT2D eigenvalue weighted by Gasteiger charge is -2.09. The summed E-state index contributed by atoms with van der Waals surface area (Å²) < 4.78 is 11.9. The van der Waals surface area contributed by atoms with Gasteiger partial charge in [0.2, 0.25) is 5.91 Å². The van der Waals surface area contributed by atoms with Gasteiger partial charge in [0, 0.05) is 26.2 Å². The van der Waals surface area contributed by atoms with Gasteiger partial charge in [-0.05, 0) is 43.3 Å². The zero-order valence-electron chi connectivity index (χ0n) is 14.0. The molecule has 1 aromatic heterocycles. The van der Waals surface area contributed by atoms with Gasteiger partial charge < -0.3 is 15.2 Å². The summed E-state index contributed by atoms with van der Waals surface area (Å²) in [5, 5.41) is 1.34. The van der Waals surface area contributed by atoms with Gasteiger partial charge in [-0.1, -0.05) is 17.7 Å². The van der Waals surface area contributed by atoms with E-state index in [0.29, 0.717) is 26.8 Å². The molecule has 3 aromatic rings. The highest BCUT2D eigenvalue weighted by Gasteiger charge is 2.21. The fourth-order valence-corrected chi connectivity index (χ4v) is 4.01. The molecule has 0 bridgehead atoms. The second-order valence-corrected chi connectivity index (χ2v) is 6.88. The van der Waals surface area contributed by atoms with Gasteiger partial charge in [-0.2, -0.15) is 0 Å². The largest absolute Gasteiger partial charge is 0.489 e. The molecule has 2 aromatic carbocycles. The van der Waals surface area contributed by atoms with Gasteiger partial charge in [0.05, 0.1) is 6.61 Å². The Morgan fingerprint density at radius 3 is 2.54 bits per heavy atom. The third-order valence-electron chi connectivity index (χ3n) is 3.75. The van der Waals surface area contributed by atoms with Crippen LogP contribution in [-0.2, 0) is 11.3 Å². The number of fused-ring (bicyclic) bond motifs is 1. The number of primary amides is 1. The Bertz CT molecular complexity index is 966. The summed E-state index contributed by atoms with van der Waals surface area (Å²) in [6.45, 7) is 2.19. The van der Waals surface area contributed by atoms with Crippen molar-refractivity contribution in [3.05, 3.63) is 63.5 Å². The number of carbonyl (C=O) groups is 2. The predicted octanol–water partition coefficient (Wildman–Crippen LogP) is 4.41. The Labute approximate surface area is 159 Å². The van der Waals surface area contributed by atoms with E-state index in [1.54, 1.807) is 37.3 Å². The van der Waals surface area contributed by atoms with Crippen molar-refractivity contribution in [1.29, 1.82) is 0 Å². The van der Waals surface area contributed by atoms with Crippen molar-refractivity contribution in [2.75, 3.05) is 6.61 Å². The van der Waals surface area contributed by atoms with Gasteiger partial charge in [0.25, 0.3) is 0 Å². The van der Waals surface area contributed by atoms with E-state index in [-0.39, 0.29) is 13.2 Å². The Balaban J connectivity index is 1.93. The highest BCUT2D eigenvalue weighted by molar-refractivity contribution is 7.21. The van der Waals surface area contributed by atoms with Gasteiger partial charge in [-0.3, -0.25) is 4.79 Å². The maximum absolute atomic E-state index is 12.3. The fraction of sp³-hybridized carbons (Fsp3) is 0.158. The summed E-state index contributed by atoms with van der Waals surface area (Å²) in [5.41, 5.74) is 6.32. The predicted molar refractivity (Wildman–Crippen MR) is 102 cm³/mol. The van der Waals surface area contributed by atoms with Crippen LogP contribution < -0.4 is 10.5 Å². The van der Waals surface area contributed by atoms with E-state index < -0.39 is 11.9 Å². The van der Waals surface area contributed by atoms with E-state index in [9.17, 15) is 9.59 Å². The molecular weight excluding hydrogens is 374 g/mol. The number of amides is 1. The quantitative estimate of drug-likeness (QED) is 0.633. The van der Waals surface area contributed by atoms with E-state index >= 15 is 0 Å². The molecule has 3 rings (SSSR count). The third kappa shape index (κ3) is 3.66. The SMILES string of the molecule is CCOC(=O)c1sc2cccc(Cl)c2c1COc1ccc(C(N)=O)cc1. The van der Waals surface area contributed by atoms with Crippen molar-refractivity contribution < 1.29 is 19.1 Å². The lowest BCUT2D eigenvalue weighted by Crippen LogP contribution is -2.10. The molecule has 0 fully saturated rings. The van der Waals surface area contributed by atoms with E-state index in [4.69, 9.17) is 26.8 Å². The first-order valence-electron chi connectivity index (χ1n) is 7.91. The van der Waals surface area contributed by atoms with Crippen LogP contribution in [0, 0.1) is 0 Å². The number of thiophene rings is 1. The third-order valence-corrected chi connectivity index (χ3v) is 5.24. The zero-order valence-corrected chi connectivity index (χ0v) is 15.5. The van der Waals surface area contributed by atoms with Crippen LogP contribution in [0.4, 0.5) is 0 Å². The molecule has 26 heavy (non-hydrogen) atoms. The molecule has 5 nitrogen and oxygen atoms in total. The minimum Gasteiger partial charge on any atom is -0.489 e. The van der Waals surface area contributed by atoms with Gasteiger partial charge in [-0.15, -0.1) is 11.3 Å². The number of halogens is 1. The van der Waals surface area contributed by atoms with Gasteiger partial charge in [-0.25, -0.2) is 4.79 Å². The Kier molecular flexibility index (Phi) is 5.44. The minimum atomic E-state index is -0.503. The van der Waals surface area contributed by atoms with Crippen LogP contribution in [0.25, 0.3) is 10.1 Å². The molecule has 134 valence electrons. The van der Waals surface area contributed by atoms with Crippen molar-refractivity contribution in [2.24, 2.45) is 5.73 Å². The molecular formula is C19H16ClNO4S. The number of hydrogen-bond acceptors (Lipinski definition) is 5. The fourth-order valence-electron chi connectivity index (χ4n) is 2.54. The van der Waals surface area contributed by atoms with Crippen LogP contribution in [0.1, 0.15) is 32.5 Å². The number of benzene rings is 2. The molecule has 0 aliphatic carbocycles. The number of nitrogens with two attached hydrogens (primary N) is 1. The maximum atomic E-state index is 12.3. The number of ether oxygens (including phenoxy) is 2. The van der Waals surface area contributed by atoms with Crippen LogP contribution >= 0.6 is 22.9 Å². The highest BCUT2D eigenvalue weighted by Crippen LogP contribution is 2.37. The van der Waals surface area contributed by atoms with Crippen molar-refractivity contribution in [3.63, 3.8) is 0 Å². The molecule has 0 atom stereocenters. The standard InChI is InChI=1S/C19H16ClNO4S/c1-2-24-19(23)17-13(16-14(20)4-3-5-15(16)26-17)10-25-12-8-6-11(7-9-12)18(21)22/h3-9H,2,10H2,1H3,(H2,21,22). The molecule has 0 unspecified atom stereocenters. The Morgan fingerprint density at radius 1 is 1.15 bits per heavy atom. The maximum Gasteiger partial charge on any atom is 0.348 e. The number of hydrogen-bond donors (Lipinski definition) is 1. The van der Waals surface area contributed by atoms with Gasteiger partial charge >= 0.3 is 5.97 Å². The molecule has 2 N–H and O–H groups in total. The summed E-state index contributed by atoms with van der Waals surface area (Å²) in [4.78, 5) is 23.9. The smallest absolute Gasteiger partial charge is 0.348 e. The summed E-state index contributed by atoms with van der Waals surface area (Å²) in [6.07, 6.45) is 0. The number of esters is 1. The van der Waals surface area contributed by atoms with Crippen LogP contribution in [0.3, 0.4) is 0 Å². The Hall–Kier alpha value is -2.57. The second-order valence-electron chi connectivity index (χ2n) is 5.42. The van der Waals surface area contributed by atoms with Gasteiger partial charge in [0.1, 0.15) is 17.2 Å². The zero-order chi connectivity index (χ0) is 18.7. The van der Waals surface area contributed by atoms with Crippen LogP contribution in [-0.4, -0.2) is 18.5 Å². The minimum absolute atomic E-state index is 0.147. The van der Waals surface area contributed by atoms with Crippen molar-refractivity contribution in [1.82, 2.24) is 0 Å². The first kappa shape index (κ1) is 18.2. The molecule has 0 aliphatic heterocycles. The molecule has 0 aliphatic rings. The van der Waals surface area contributed by atoms with Crippen molar-refractivity contribution in [3.8, 4) is 5.75 Å². The van der Waals surface area contributed by atoms with Crippen molar-refractivity contribution >= 4 is 44.9 Å². The lowest BCUT2D eigenvalue weighted by molar-refractivity contribution is 0.0529. The summed E-state index contributed by atoms with van der Waals surface area (Å²) >= 11 is 7.67. The first-order chi connectivity index (χ1) is 12.5. The van der Waals surface area contributed by atoms with Crippen LogP contribution in [0.2, 0.25) is 5.02 Å². The van der Waals surface area contributed by atoms with E-state index in [1.165, 1.54) is 11.3 Å². The summed E-state index contributed by atoms with van der Waals surface area (Å²) in [6, 6.07) is 12.0. The average Bonchev–Trinajstić information content (AvgIpc) is 3.00. The Morgan fingerprint density at radius 2 is 1.88 bits per heavy atom. The first-order valence-corrected chi connectivity index (χ1v) is 9.10.